The summed E-state index contributed by atoms with van der Waals surface area (Å²) in [6.45, 7) is 1.95. The first-order valence-electron chi connectivity index (χ1n) is 10.2. The Morgan fingerprint density at radius 1 is 1.03 bits per heavy atom. The minimum absolute atomic E-state index is 0.106. The molecule has 1 aliphatic carbocycles. The predicted octanol–water partition coefficient (Wildman–Crippen LogP) is 4.47. The lowest BCUT2D eigenvalue weighted by Gasteiger charge is -2.09. The van der Waals surface area contributed by atoms with E-state index in [1.54, 1.807) is 48.7 Å². The van der Waals surface area contributed by atoms with E-state index in [1.165, 1.54) is 5.56 Å². The van der Waals surface area contributed by atoms with Crippen LogP contribution < -0.4 is 10.1 Å². The van der Waals surface area contributed by atoms with Gasteiger partial charge in [0, 0.05) is 24.4 Å². The van der Waals surface area contributed by atoms with Crippen molar-refractivity contribution in [3.63, 3.8) is 0 Å². The molecule has 1 aliphatic rings. The molecule has 7 heteroatoms. The molecule has 0 spiro atoms. The van der Waals surface area contributed by atoms with E-state index in [-0.39, 0.29) is 18.1 Å². The van der Waals surface area contributed by atoms with Gasteiger partial charge in [0.05, 0.1) is 10.6 Å². The molecule has 0 fully saturated rings. The Labute approximate surface area is 182 Å². The molecule has 0 saturated carbocycles. The fraction of sp³-hybridized carbons (Fsp3) is 0.250. The summed E-state index contributed by atoms with van der Waals surface area (Å²) >= 11 is 0. The van der Waals surface area contributed by atoms with Crippen LogP contribution in [0.2, 0.25) is 0 Å². The maximum Gasteiger partial charge on any atom is 0.225 e. The number of rotatable bonds is 7. The molecule has 1 heterocycles. The molecule has 0 bridgehead atoms. The van der Waals surface area contributed by atoms with Crippen LogP contribution in [0, 0.1) is 6.92 Å². The normalized spacial score (nSPS) is 12.9. The molecule has 0 radical (unpaired) electrons. The van der Waals surface area contributed by atoms with Gasteiger partial charge in [-0.1, -0.05) is 12.1 Å². The molecule has 31 heavy (non-hydrogen) atoms. The van der Waals surface area contributed by atoms with Crippen molar-refractivity contribution in [1.29, 1.82) is 0 Å². The number of carbonyl (C=O) groups excluding carboxylic acids is 1. The van der Waals surface area contributed by atoms with Crippen LogP contribution in [-0.2, 0) is 27.5 Å². The standard InChI is InChI=1S/C24H24N2O4S/c1-17-5-12-24(25-16-17)30-21-9-7-20(8-10-21)26-23(27)13-14-31(28,29)22-11-6-18-3-2-4-19(18)15-22/h5-12,15-16H,2-4,13-14H2,1H3,(H,26,27). The fourth-order valence-corrected chi connectivity index (χ4v) is 4.84. The number of aromatic nitrogens is 1. The Morgan fingerprint density at radius 3 is 2.55 bits per heavy atom. The molecule has 160 valence electrons. The third-order valence-corrected chi connectivity index (χ3v) is 6.99. The highest BCUT2D eigenvalue weighted by molar-refractivity contribution is 7.91. The zero-order chi connectivity index (χ0) is 21.8. The lowest BCUT2D eigenvalue weighted by molar-refractivity contribution is -0.115. The topological polar surface area (TPSA) is 85.4 Å². The second-order valence-electron chi connectivity index (χ2n) is 7.70. The van der Waals surface area contributed by atoms with Gasteiger partial charge in [-0.15, -0.1) is 0 Å². The minimum Gasteiger partial charge on any atom is -0.439 e. The Hall–Kier alpha value is -3.19. The first-order valence-corrected chi connectivity index (χ1v) is 11.9. The van der Waals surface area contributed by atoms with Gasteiger partial charge in [0.1, 0.15) is 5.75 Å². The van der Waals surface area contributed by atoms with E-state index in [0.29, 0.717) is 22.2 Å². The van der Waals surface area contributed by atoms with Crippen molar-refractivity contribution in [3.05, 3.63) is 77.5 Å². The van der Waals surface area contributed by atoms with E-state index in [0.717, 1.165) is 30.4 Å². The van der Waals surface area contributed by atoms with Gasteiger partial charge in [0.15, 0.2) is 9.84 Å². The van der Waals surface area contributed by atoms with Gasteiger partial charge in [0.2, 0.25) is 11.8 Å². The first kappa shape index (κ1) is 21.1. The summed E-state index contributed by atoms with van der Waals surface area (Å²) in [5.41, 5.74) is 3.95. The Bertz CT molecular complexity index is 1190. The summed E-state index contributed by atoms with van der Waals surface area (Å²) in [6.07, 6.45) is 4.60. The van der Waals surface area contributed by atoms with Gasteiger partial charge in [-0.2, -0.15) is 0 Å². The van der Waals surface area contributed by atoms with Crippen molar-refractivity contribution < 1.29 is 17.9 Å². The van der Waals surface area contributed by atoms with Crippen molar-refractivity contribution in [2.24, 2.45) is 0 Å². The van der Waals surface area contributed by atoms with Gasteiger partial charge in [-0.05, 0) is 79.3 Å². The van der Waals surface area contributed by atoms with Gasteiger partial charge < -0.3 is 10.1 Å². The summed E-state index contributed by atoms with van der Waals surface area (Å²) in [4.78, 5) is 16.8. The smallest absolute Gasteiger partial charge is 0.225 e. The molecular weight excluding hydrogens is 412 g/mol. The van der Waals surface area contributed by atoms with Crippen LogP contribution in [0.5, 0.6) is 11.6 Å². The summed E-state index contributed by atoms with van der Waals surface area (Å²) in [5, 5.41) is 2.73. The molecule has 0 unspecified atom stereocenters. The zero-order valence-electron chi connectivity index (χ0n) is 17.3. The van der Waals surface area contributed by atoms with Crippen molar-refractivity contribution in [1.82, 2.24) is 4.98 Å². The van der Waals surface area contributed by atoms with Gasteiger partial charge in [-0.25, -0.2) is 13.4 Å². The Morgan fingerprint density at radius 2 is 1.81 bits per heavy atom. The number of ether oxygens (including phenoxy) is 1. The third kappa shape index (κ3) is 5.30. The number of benzene rings is 2. The monoisotopic (exact) mass is 436 g/mol. The van der Waals surface area contributed by atoms with Crippen LogP contribution in [0.1, 0.15) is 29.5 Å². The molecule has 0 aliphatic heterocycles. The van der Waals surface area contributed by atoms with Crippen LogP contribution in [0.15, 0.2) is 65.7 Å². The fourth-order valence-electron chi connectivity index (χ4n) is 3.55. The van der Waals surface area contributed by atoms with E-state index in [4.69, 9.17) is 4.74 Å². The number of nitrogens with zero attached hydrogens (tertiary/aromatic N) is 1. The quantitative estimate of drug-likeness (QED) is 0.590. The number of pyridine rings is 1. The third-order valence-electron chi connectivity index (χ3n) is 5.27. The lowest BCUT2D eigenvalue weighted by Crippen LogP contribution is -2.17. The van der Waals surface area contributed by atoms with Gasteiger partial charge >= 0.3 is 0 Å². The molecule has 1 aromatic heterocycles. The highest BCUT2D eigenvalue weighted by Crippen LogP contribution is 2.26. The maximum atomic E-state index is 12.6. The van der Waals surface area contributed by atoms with Crippen molar-refractivity contribution in [2.45, 2.75) is 37.5 Å². The minimum atomic E-state index is -3.50. The molecule has 0 saturated heterocycles. The number of nitrogens with one attached hydrogen (secondary N) is 1. The number of aryl methyl sites for hydroxylation is 3. The number of carbonyl (C=O) groups is 1. The van der Waals surface area contributed by atoms with Crippen molar-refractivity contribution >= 4 is 21.4 Å². The van der Waals surface area contributed by atoms with Crippen LogP contribution in [-0.4, -0.2) is 25.1 Å². The summed E-state index contributed by atoms with van der Waals surface area (Å²) in [7, 11) is -3.50. The SMILES string of the molecule is Cc1ccc(Oc2ccc(NC(=O)CCS(=O)(=O)c3ccc4c(c3)CCC4)cc2)nc1. The van der Waals surface area contributed by atoms with Gasteiger partial charge in [-0.3, -0.25) is 4.79 Å². The first-order chi connectivity index (χ1) is 14.9. The maximum absolute atomic E-state index is 12.6. The van der Waals surface area contributed by atoms with Crippen molar-refractivity contribution in [2.75, 3.05) is 11.1 Å². The van der Waals surface area contributed by atoms with E-state index in [1.807, 2.05) is 19.1 Å². The number of sulfone groups is 1. The molecule has 0 atom stereocenters. The molecule has 2 aromatic carbocycles. The second-order valence-corrected chi connectivity index (χ2v) is 9.81. The van der Waals surface area contributed by atoms with Crippen LogP contribution >= 0.6 is 0 Å². The van der Waals surface area contributed by atoms with Crippen LogP contribution in [0.3, 0.4) is 0 Å². The molecule has 3 aromatic rings. The largest absolute Gasteiger partial charge is 0.439 e. The van der Waals surface area contributed by atoms with E-state index in [2.05, 4.69) is 10.3 Å². The van der Waals surface area contributed by atoms with E-state index in [9.17, 15) is 13.2 Å². The number of fused-ring (bicyclic) bond motifs is 1. The molecular formula is C24H24N2O4S. The van der Waals surface area contributed by atoms with Gasteiger partial charge in [0.25, 0.3) is 0 Å². The molecule has 1 N–H and O–H groups in total. The van der Waals surface area contributed by atoms with E-state index < -0.39 is 9.84 Å². The number of amides is 1. The van der Waals surface area contributed by atoms with Crippen molar-refractivity contribution in [3.8, 4) is 11.6 Å². The molecule has 1 amide bonds. The van der Waals surface area contributed by atoms with E-state index >= 15 is 0 Å². The highest BCUT2D eigenvalue weighted by Gasteiger charge is 2.20. The average Bonchev–Trinajstić information content (AvgIpc) is 3.23. The van der Waals surface area contributed by atoms with Crippen LogP contribution in [0.4, 0.5) is 5.69 Å². The lowest BCUT2D eigenvalue weighted by atomic mass is 10.1. The molecule has 6 nitrogen and oxygen atoms in total. The number of hydrogen-bond donors (Lipinski definition) is 1. The summed E-state index contributed by atoms with van der Waals surface area (Å²) < 4.78 is 30.9. The highest BCUT2D eigenvalue weighted by atomic mass is 32.2. The Kier molecular flexibility index (Phi) is 6.04. The predicted molar refractivity (Wildman–Crippen MR) is 119 cm³/mol. The zero-order valence-corrected chi connectivity index (χ0v) is 18.1. The average molecular weight is 437 g/mol. The summed E-state index contributed by atoms with van der Waals surface area (Å²) in [5.74, 6) is 0.504. The number of anilines is 1. The number of hydrogen-bond acceptors (Lipinski definition) is 5. The Balaban J connectivity index is 1.31. The molecule has 4 rings (SSSR count). The second kappa shape index (κ2) is 8.89. The van der Waals surface area contributed by atoms with Crippen LogP contribution in [0.25, 0.3) is 0 Å². The summed E-state index contributed by atoms with van der Waals surface area (Å²) in [6, 6.07) is 15.9.